The first kappa shape index (κ1) is 14.8. The van der Waals surface area contributed by atoms with Crippen molar-refractivity contribution in [2.24, 2.45) is 0 Å². The number of halogens is 3. The Balaban J connectivity index is 0.000000423. The van der Waals surface area contributed by atoms with E-state index in [0.29, 0.717) is 0 Å². The molecule has 2 radical (unpaired) electrons. The average Bonchev–Trinajstić information content (AvgIpc) is 2.01. The van der Waals surface area contributed by atoms with Crippen molar-refractivity contribution < 1.29 is 13.2 Å². The van der Waals surface area contributed by atoms with E-state index in [0.717, 1.165) is 32.2 Å². The van der Waals surface area contributed by atoms with E-state index in [9.17, 15) is 13.2 Å². The maximum absolute atomic E-state index is 12.0. The first-order valence-corrected chi connectivity index (χ1v) is 5.92. The second-order valence-electron chi connectivity index (χ2n) is 3.46. The van der Waals surface area contributed by atoms with E-state index >= 15 is 0 Å². The third-order valence-electron chi connectivity index (χ3n) is 1.21. The maximum atomic E-state index is 12.0. The summed E-state index contributed by atoms with van der Waals surface area (Å²) >= 11 is 0.719. The molecule has 0 heterocycles. The number of nitrogens with zero attached hydrogens (tertiary/aromatic N) is 1. The van der Waals surface area contributed by atoms with Crippen LogP contribution in [0.4, 0.5) is 13.2 Å². The van der Waals surface area contributed by atoms with Crippen LogP contribution in [0.2, 0.25) is 0 Å². The molecule has 0 fully saturated rings. The Morgan fingerprint density at radius 3 is 1.87 bits per heavy atom. The number of hydrogen-bond donors (Lipinski definition) is 0. The van der Waals surface area contributed by atoms with Crippen LogP contribution in [0.25, 0.3) is 0 Å². The molecule has 1 nitrogen and oxygen atoms in total. The van der Waals surface area contributed by atoms with Crippen molar-refractivity contribution in [1.29, 1.82) is 0 Å². The summed E-state index contributed by atoms with van der Waals surface area (Å²) in [5.74, 6) is 0. The van der Waals surface area contributed by atoms with Gasteiger partial charge in [-0.2, -0.15) is 0 Å². The van der Waals surface area contributed by atoms with Gasteiger partial charge in [0.25, 0.3) is 0 Å². The second kappa shape index (κ2) is 6.37. The van der Waals surface area contributed by atoms with Crippen molar-refractivity contribution in [3.63, 3.8) is 0 Å². The topological polar surface area (TPSA) is 3.24 Å². The molecule has 84 valence electrons. The molecule has 0 aliphatic rings. The Labute approximate surface area is 101 Å². The quantitative estimate of drug-likeness (QED) is 0.653. The van der Waals surface area contributed by atoms with Gasteiger partial charge in [0, 0.05) is 0 Å². The Bertz CT molecular complexity index is 294. The van der Waals surface area contributed by atoms with Gasteiger partial charge in [0.2, 0.25) is 0 Å². The fraction of sp³-hybridized carbons (Fsp3) is 0.400. The van der Waals surface area contributed by atoms with Crippen molar-refractivity contribution >= 4 is 26.1 Å². The second-order valence-corrected chi connectivity index (χ2v) is 5.37. The van der Waals surface area contributed by atoms with Crippen molar-refractivity contribution in [2.75, 3.05) is 21.1 Å². The van der Waals surface area contributed by atoms with Gasteiger partial charge in [-0.15, -0.1) is 0 Å². The summed E-state index contributed by atoms with van der Waals surface area (Å²) in [6.07, 6.45) is -4.20. The predicted molar refractivity (Wildman–Crippen MR) is 57.8 cm³/mol. The Morgan fingerprint density at radius 2 is 1.60 bits per heavy atom. The van der Waals surface area contributed by atoms with E-state index in [-0.39, 0.29) is 0 Å². The molecule has 0 unspecified atom stereocenters. The minimum absolute atomic E-state index is 0.553. The van der Waals surface area contributed by atoms with Gasteiger partial charge in [0.1, 0.15) is 0 Å². The molecular formula is C10H14F3NSn. The van der Waals surface area contributed by atoms with Crippen molar-refractivity contribution in [3.8, 4) is 0 Å². The monoisotopic (exact) mass is 325 g/mol. The van der Waals surface area contributed by atoms with Crippen molar-refractivity contribution in [3.05, 3.63) is 29.8 Å². The predicted octanol–water partition coefficient (Wildman–Crippen LogP) is 1.41. The summed E-state index contributed by atoms with van der Waals surface area (Å²) in [5, 5.41) is 0. The molecule has 1 aromatic carbocycles. The fourth-order valence-corrected chi connectivity index (χ4v) is 1.54. The molecule has 0 atom stereocenters. The Hall–Kier alpha value is -0.231. The van der Waals surface area contributed by atoms with Crippen LogP contribution in [0.3, 0.4) is 0 Å². The Kier molecular flexibility index (Phi) is 6.27. The molecule has 0 amide bonds. The molecule has 1 aromatic rings. The van der Waals surface area contributed by atoms with Crippen molar-refractivity contribution in [1.82, 2.24) is 4.90 Å². The first-order valence-electron chi connectivity index (χ1n) is 4.27. The summed E-state index contributed by atoms with van der Waals surface area (Å²) in [4.78, 5) is 2.00. The number of benzene rings is 1. The van der Waals surface area contributed by atoms with E-state index in [1.807, 2.05) is 26.0 Å². The third-order valence-corrected chi connectivity index (χ3v) is 2.24. The number of alkyl halides is 3. The zero-order valence-corrected chi connectivity index (χ0v) is 12.3. The zero-order valence-electron chi connectivity index (χ0n) is 8.97. The van der Waals surface area contributed by atoms with Crippen LogP contribution < -0.4 is 3.58 Å². The van der Waals surface area contributed by atoms with Crippen LogP contribution in [0, 0.1) is 0 Å². The Morgan fingerprint density at radius 1 is 1.13 bits per heavy atom. The third kappa shape index (κ3) is 7.67. The fourth-order valence-electron chi connectivity index (χ4n) is 0.715. The van der Waals surface area contributed by atoms with Gasteiger partial charge >= 0.3 is 75.3 Å². The minimum atomic E-state index is -4.20. The van der Waals surface area contributed by atoms with Crippen LogP contribution >= 0.6 is 0 Å². The van der Waals surface area contributed by atoms with E-state index in [1.54, 1.807) is 6.07 Å². The number of hydrogen-bond acceptors (Lipinski definition) is 1. The molecule has 0 bridgehead atoms. The van der Waals surface area contributed by atoms with Crippen LogP contribution in [-0.4, -0.2) is 48.6 Å². The molecule has 0 aliphatic heterocycles. The van der Waals surface area contributed by atoms with Crippen LogP contribution in [0.5, 0.6) is 0 Å². The van der Waals surface area contributed by atoms with Gasteiger partial charge < -0.3 is 4.90 Å². The van der Waals surface area contributed by atoms with E-state index in [4.69, 9.17) is 0 Å². The molecule has 0 saturated heterocycles. The van der Waals surface area contributed by atoms with Gasteiger partial charge in [-0.1, -0.05) is 0 Å². The molecule has 0 saturated carbocycles. The first-order chi connectivity index (χ1) is 6.73. The summed E-state index contributed by atoms with van der Waals surface area (Å²) in [5.41, 5.74) is -0.553. The van der Waals surface area contributed by atoms with Gasteiger partial charge in [-0.25, -0.2) is 0 Å². The molecule has 15 heavy (non-hydrogen) atoms. The van der Waals surface area contributed by atoms with E-state index in [2.05, 4.69) is 0 Å². The summed E-state index contributed by atoms with van der Waals surface area (Å²) in [6.45, 7) is 0. The van der Waals surface area contributed by atoms with Crippen molar-refractivity contribution in [2.45, 2.75) is 6.18 Å². The van der Waals surface area contributed by atoms with Gasteiger partial charge in [-0.05, 0) is 21.1 Å². The van der Waals surface area contributed by atoms with Gasteiger partial charge in [0.15, 0.2) is 0 Å². The number of rotatable bonds is 0. The van der Waals surface area contributed by atoms with Gasteiger partial charge in [-0.3, -0.25) is 0 Å². The van der Waals surface area contributed by atoms with Crippen LogP contribution in [0.1, 0.15) is 5.56 Å². The van der Waals surface area contributed by atoms with Gasteiger partial charge in [0.05, 0.1) is 0 Å². The van der Waals surface area contributed by atoms with Crippen LogP contribution in [-0.2, 0) is 6.18 Å². The standard InChI is InChI=1S/C7H4F3.C3H9N.Sn.H/c8-7(9,10)6-4-2-1-3-5-6;1-4(2)3;;/h1-2,4-5H;1-3H3;;. The molecule has 0 N–H and O–H groups in total. The SMILES string of the molecule is CN(C)C.FC(F)(F)c1ccc[c]([SnH])c1. The summed E-state index contributed by atoms with van der Waals surface area (Å²) < 4.78 is 36.7. The molecule has 1 rings (SSSR count). The molecule has 0 aliphatic carbocycles. The van der Waals surface area contributed by atoms with Crippen LogP contribution in [0.15, 0.2) is 24.3 Å². The average molecular weight is 324 g/mol. The van der Waals surface area contributed by atoms with E-state index < -0.39 is 11.7 Å². The zero-order chi connectivity index (χ0) is 12.1. The molecular weight excluding hydrogens is 310 g/mol. The molecule has 0 spiro atoms. The molecule has 0 aromatic heterocycles. The van der Waals surface area contributed by atoms with E-state index in [1.165, 1.54) is 12.1 Å². The summed E-state index contributed by atoms with van der Waals surface area (Å²) in [6, 6.07) is 5.39. The normalized spacial score (nSPS) is 10.9. The summed E-state index contributed by atoms with van der Waals surface area (Å²) in [7, 11) is 6.00. The molecule has 5 heteroatoms.